The molecule has 0 radical (unpaired) electrons. The lowest BCUT2D eigenvalue weighted by Crippen LogP contribution is -2.27. The molecule has 0 aliphatic carbocycles. The number of nitro groups is 1. The van der Waals surface area contributed by atoms with Gasteiger partial charge in [0.1, 0.15) is 23.6 Å². The van der Waals surface area contributed by atoms with Gasteiger partial charge in [-0.2, -0.15) is 0 Å². The number of nitrogens with zero attached hydrogens (tertiary/aromatic N) is 3. The van der Waals surface area contributed by atoms with E-state index in [2.05, 4.69) is 4.98 Å². The first-order valence-electron chi connectivity index (χ1n) is 7.59. The van der Waals surface area contributed by atoms with Crippen molar-refractivity contribution in [2.45, 2.75) is 18.6 Å². The number of carbonyl (C=O) groups excluding carboxylic acids is 1. The third-order valence-corrected chi connectivity index (χ3v) is 4.15. The number of carbonyl (C=O) groups is 1. The number of rotatable bonds is 4. The Morgan fingerprint density at radius 2 is 2.04 bits per heavy atom. The number of primary amides is 1. The molecule has 1 aromatic heterocycles. The third kappa shape index (κ3) is 3.17. The average molecular weight is 366 g/mol. The van der Waals surface area contributed by atoms with Crippen molar-refractivity contribution in [3.8, 4) is 0 Å². The highest BCUT2D eigenvalue weighted by Gasteiger charge is 2.36. The van der Waals surface area contributed by atoms with Gasteiger partial charge in [0, 0.05) is 18.1 Å². The number of pyridine rings is 1. The van der Waals surface area contributed by atoms with Crippen molar-refractivity contribution in [1.82, 2.24) is 4.98 Å². The maximum Gasteiger partial charge on any atom is 0.300 e. The summed E-state index contributed by atoms with van der Waals surface area (Å²) in [5, 5.41) is 11.0. The number of nitrogens with two attached hydrogens (primary N) is 1. The van der Waals surface area contributed by atoms with Crippen LogP contribution in [0.1, 0.15) is 28.5 Å². The summed E-state index contributed by atoms with van der Waals surface area (Å²) in [6.45, 7) is -0.191. The molecule has 1 fully saturated rings. The summed E-state index contributed by atoms with van der Waals surface area (Å²) in [6.07, 6.45) is -1.47. The zero-order valence-corrected chi connectivity index (χ0v) is 13.2. The first-order valence-corrected chi connectivity index (χ1v) is 7.59. The lowest BCUT2D eigenvalue weighted by atomic mass is 10.0. The van der Waals surface area contributed by atoms with Crippen LogP contribution in [0.3, 0.4) is 0 Å². The fraction of sp³-hybridized carbons (Fsp3) is 0.250. The van der Waals surface area contributed by atoms with Crippen molar-refractivity contribution >= 4 is 17.4 Å². The molecule has 1 aromatic carbocycles. The van der Waals surface area contributed by atoms with E-state index in [1.807, 2.05) is 0 Å². The van der Waals surface area contributed by atoms with E-state index in [1.165, 1.54) is 11.0 Å². The molecule has 136 valence electrons. The molecular formula is C16H13F3N4O3. The number of hydrogen-bond acceptors (Lipinski definition) is 5. The topological polar surface area (TPSA) is 102 Å². The Balaban J connectivity index is 2.06. The quantitative estimate of drug-likeness (QED) is 0.662. The van der Waals surface area contributed by atoms with Gasteiger partial charge in [-0.25, -0.2) is 18.2 Å². The molecule has 0 unspecified atom stereocenters. The Hall–Kier alpha value is -3.17. The van der Waals surface area contributed by atoms with Gasteiger partial charge < -0.3 is 10.6 Å². The summed E-state index contributed by atoms with van der Waals surface area (Å²) in [7, 11) is 0. The number of halogens is 3. The van der Waals surface area contributed by atoms with Crippen molar-refractivity contribution in [1.29, 1.82) is 0 Å². The van der Waals surface area contributed by atoms with E-state index in [0.29, 0.717) is 0 Å². The van der Waals surface area contributed by atoms with Crippen LogP contribution in [-0.4, -0.2) is 28.5 Å². The van der Waals surface area contributed by atoms with Gasteiger partial charge in [0.15, 0.2) is 0 Å². The van der Waals surface area contributed by atoms with Crippen LogP contribution in [0.4, 0.5) is 24.7 Å². The summed E-state index contributed by atoms with van der Waals surface area (Å²) >= 11 is 0. The SMILES string of the molecule is NC(=O)c1nc(N2C[C@@H](F)C[C@@H]2c2cc(F)ccc2F)ccc1[N+](=O)[O-]. The monoisotopic (exact) mass is 366 g/mol. The van der Waals surface area contributed by atoms with Gasteiger partial charge in [0.2, 0.25) is 5.69 Å². The number of alkyl halides is 1. The molecule has 10 heteroatoms. The highest BCUT2D eigenvalue weighted by Crippen LogP contribution is 2.38. The fourth-order valence-electron chi connectivity index (χ4n) is 3.03. The van der Waals surface area contributed by atoms with Crippen LogP contribution in [0.5, 0.6) is 0 Å². The number of aromatic nitrogens is 1. The van der Waals surface area contributed by atoms with Gasteiger partial charge in [-0.05, 0) is 24.3 Å². The molecule has 1 amide bonds. The van der Waals surface area contributed by atoms with Crippen LogP contribution in [0.2, 0.25) is 0 Å². The molecule has 26 heavy (non-hydrogen) atoms. The van der Waals surface area contributed by atoms with Gasteiger partial charge in [0.25, 0.3) is 5.91 Å². The lowest BCUT2D eigenvalue weighted by molar-refractivity contribution is -0.385. The second-order valence-corrected chi connectivity index (χ2v) is 5.83. The zero-order valence-electron chi connectivity index (χ0n) is 13.2. The minimum absolute atomic E-state index is 0.0122. The number of amides is 1. The molecule has 0 saturated carbocycles. The van der Waals surface area contributed by atoms with Gasteiger partial charge in [-0.3, -0.25) is 14.9 Å². The van der Waals surface area contributed by atoms with E-state index < -0.39 is 46.1 Å². The molecule has 0 bridgehead atoms. The normalized spacial score (nSPS) is 19.6. The number of hydrogen-bond donors (Lipinski definition) is 1. The Labute approximate surface area is 145 Å². The third-order valence-electron chi connectivity index (χ3n) is 4.15. The van der Waals surface area contributed by atoms with Crippen LogP contribution in [0.15, 0.2) is 30.3 Å². The molecule has 1 aliphatic heterocycles. The molecule has 2 atom stereocenters. The molecule has 7 nitrogen and oxygen atoms in total. The van der Waals surface area contributed by atoms with Crippen molar-refractivity contribution < 1.29 is 22.9 Å². The van der Waals surface area contributed by atoms with Crippen LogP contribution >= 0.6 is 0 Å². The molecule has 1 saturated heterocycles. The molecular weight excluding hydrogens is 353 g/mol. The predicted octanol–water partition coefficient (Wildman–Crippen LogP) is 2.66. The Bertz CT molecular complexity index is 893. The van der Waals surface area contributed by atoms with Crippen molar-refractivity contribution in [2.24, 2.45) is 5.73 Å². The van der Waals surface area contributed by atoms with E-state index in [0.717, 1.165) is 24.3 Å². The summed E-state index contributed by atoms with van der Waals surface area (Å²) < 4.78 is 41.6. The van der Waals surface area contributed by atoms with Crippen molar-refractivity contribution in [2.75, 3.05) is 11.4 Å². The van der Waals surface area contributed by atoms with Gasteiger partial charge >= 0.3 is 5.69 Å². The highest BCUT2D eigenvalue weighted by atomic mass is 19.1. The minimum Gasteiger partial charge on any atom is -0.364 e. The molecule has 1 aliphatic rings. The van der Waals surface area contributed by atoms with E-state index in [9.17, 15) is 28.1 Å². The zero-order chi connectivity index (χ0) is 19.0. The summed E-state index contributed by atoms with van der Waals surface area (Å²) in [6, 6.07) is 4.20. The Morgan fingerprint density at radius 1 is 1.31 bits per heavy atom. The lowest BCUT2D eigenvalue weighted by Gasteiger charge is -2.26. The van der Waals surface area contributed by atoms with Gasteiger partial charge in [-0.15, -0.1) is 0 Å². The van der Waals surface area contributed by atoms with Crippen LogP contribution < -0.4 is 10.6 Å². The maximum atomic E-state index is 14.1. The minimum atomic E-state index is -1.35. The van der Waals surface area contributed by atoms with E-state index >= 15 is 0 Å². The summed E-state index contributed by atoms with van der Waals surface area (Å²) in [5.74, 6) is -2.51. The largest absolute Gasteiger partial charge is 0.364 e. The average Bonchev–Trinajstić information content (AvgIpc) is 2.98. The summed E-state index contributed by atoms with van der Waals surface area (Å²) in [4.78, 5) is 26.8. The smallest absolute Gasteiger partial charge is 0.300 e. The molecule has 2 heterocycles. The van der Waals surface area contributed by atoms with E-state index in [1.54, 1.807) is 0 Å². The van der Waals surface area contributed by atoms with Crippen LogP contribution in [0, 0.1) is 21.7 Å². The van der Waals surface area contributed by atoms with Crippen LogP contribution in [0.25, 0.3) is 0 Å². The summed E-state index contributed by atoms with van der Waals surface area (Å²) in [5.41, 5.74) is 3.88. The first-order chi connectivity index (χ1) is 12.3. The standard InChI is InChI=1S/C16H13F3N4O3/c17-8-1-2-11(19)10(5-8)13-6-9(18)7-22(13)14-4-3-12(23(25)26)15(21-14)16(20)24/h1-5,9,13H,6-7H2,(H2,20,24)/t9-,13+/m0/s1. The fourth-order valence-corrected chi connectivity index (χ4v) is 3.03. The number of anilines is 1. The van der Waals surface area contributed by atoms with Crippen LogP contribution in [-0.2, 0) is 0 Å². The molecule has 3 rings (SSSR count). The predicted molar refractivity (Wildman–Crippen MR) is 85.4 cm³/mol. The molecule has 0 spiro atoms. The van der Waals surface area contributed by atoms with E-state index in [4.69, 9.17) is 5.73 Å². The first kappa shape index (κ1) is 17.6. The van der Waals surface area contributed by atoms with Crippen molar-refractivity contribution in [3.63, 3.8) is 0 Å². The highest BCUT2D eigenvalue weighted by molar-refractivity contribution is 5.95. The second kappa shape index (κ2) is 6.62. The van der Waals surface area contributed by atoms with Gasteiger partial charge in [0.05, 0.1) is 17.5 Å². The Kier molecular flexibility index (Phi) is 4.49. The van der Waals surface area contributed by atoms with E-state index in [-0.39, 0.29) is 24.3 Å². The van der Waals surface area contributed by atoms with Crippen molar-refractivity contribution in [3.05, 3.63) is 63.3 Å². The Morgan fingerprint density at radius 3 is 2.69 bits per heavy atom. The number of benzene rings is 1. The molecule has 2 N–H and O–H groups in total. The maximum absolute atomic E-state index is 14.1. The van der Waals surface area contributed by atoms with Gasteiger partial charge in [-0.1, -0.05) is 0 Å². The molecule has 2 aromatic rings. The second-order valence-electron chi connectivity index (χ2n) is 5.83.